The van der Waals surface area contributed by atoms with Crippen molar-refractivity contribution in [2.45, 2.75) is 18.9 Å². The molecular formula is C14H21NO4. The summed E-state index contributed by atoms with van der Waals surface area (Å²) < 4.78 is 15.4. The Morgan fingerprint density at radius 2 is 1.89 bits per heavy atom. The SMILES string of the molecule is COC(=O)C(C)(N)CCOCCOc1ccccc1. The molecule has 0 fully saturated rings. The van der Waals surface area contributed by atoms with Gasteiger partial charge in [-0.25, -0.2) is 0 Å². The molecule has 0 aliphatic rings. The maximum atomic E-state index is 11.3. The Kier molecular flexibility index (Phi) is 6.32. The van der Waals surface area contributed by atoms with Gasteiger partial charge in [0.05, 0.1) is 13.7 Å². The molecule has 0 aromatic heterocycles. The smallest absolute Gasteiger partial charge is 0.325 e. The molecule has 1 rings (SSSR count). The van der Waals surface area contributed by atoms with E-state index >= 15 is 0 Å². The maximum absolute atomic E-state index is 11.3. The molecule has 0 aliphatic carbocycles. The molecule has 0 saturated carbocycles. The minimum Gasteiger partial charge on any atom is -0.491 e. The number of para-hydroxylation sites is 1. The quantitative estimate of drug-likeness (QED) is 0.569. The monoisotopic (exact) mass is 267 g/mol. The highest BCUT2D eigenvalue weighted by Crippen LogP contribution is 2.09. The van der Waals surface area contributed by atoms with E-state index in [1.165, 1.54) is 7.11 Å². The number of hydrogen-bond acceptors (Lipinski definition) is 5. The molecule has 106 valence electrons. The highest BCUT2D eigenvalue weighted by molar-refractivity contribution is 5.79. The van der Waals surface area contributed by atoms with Crippen molar-refractivity contribution in [2.75, 3.05) is 26.9 Å². The topological polar surface area (TPSA) is 70.8 Å². The standard InChI is InChI=1S/C14H21NO4/c1-14(15,13(16)17-2)8-9-18-10-11-19-12-6-4-3-5-7-12/h3-7H,8-11,15H2,1-2H3. The van der Waals surface area contributed by atoms with Gasteiger partial charge in [0.1, 0.15) is 17.9 Å². The van der Waals surface area contributed by atoms with Crippen molar-refractivity contribution in [3.05, 3.63) is 30.3 Å². The molecule has 5 nitrogen and oxygen atoms in total. The largest absolute Gasteiger partial charge is 0.491 e. The van der Waals surface area contributed by atoms with Crippen molar-refractivity contribution in [3.63, 3.8) is 0 Å². The lowest BCUT2D eigenvalue weighted by Gasteiger charge is -2.21. The number of methoxy groups -OCH3 is 1. The summed E-state index contributed by atoms with van der Waals surface area (Å²) in [7, 11) is 1.32. The summed E-state index contributed by atoms with van der Waals surface area (Å²) >= 11 is 0. The molecule has 5 heteroatoms. The minimum absolute atomic E-state index is 0.389. The number of esters is 1. The van der Waals surface area contributed by atoms with Crippen LogP contribution in [0.4, 0.5) is 0 Å². The number of rotatable bonds is 8. The van der Waals surface area contributed by atoms with Crippen LogP contribution >= 0.6 is 0 Å². The Hall–Kier alpha value is -1.59. The predicted molar refractivity (Wildman–Crippen MR) is 72.0 cm³/mol. The molecule has 0 aliphatic heterocycles. The van der Waals surface area contributed by atoms with Crippen LogP contribution < -0.4 is 10.5 Å². The van der Waals surface area contributed by atoms with Crippen LogP contribution in [-0.2, 0) is 14.3 Å². The molecule has 0 heterocycles. The van der Waals surface area contributed by atoms with Crippen molar-refractivity contribution in [1.29, 1.82) is 0 Å². The normalized spacial score (nSPS) is 13.6. The molecule has 0 saturated heterocycles. The van der Waals surface area contributed by atoms with Crippen molar-refractivity contribution >= 4 is 5.97 Å². The van der Waals surface area contributed by atoms with Gasteiger partial charge in [0, 0.05) is 6.61 Å². The van der Waals surface area contributed by atoms with Crippen LogP contribution in [0.15, 0.2) is 30.3 Å². The number of hydrogen-bond donors (Lipinski definition) is 1. The molecule has 1 atom stereocenters. The molecule has 2 N–H and O–H groups in total. The van der Waals surface area contributed by atoms with Gasteiger partial charge in [-0.2, -0.15) is 0 Å². The Morgan fingerprint density at radius 3 is 2.53 bits per heavy atom. The van der Waals surface area contributed by atoms with Gasteiger partial charge in [0.2, 0.25) is 0 Å². The fourth-order valence-corrected chi connectivity index (χ4v) is 1.46. The van der Waals surface area contributed by atoms with Crippen LogP contribution in [0.3, 0.4) is 0 Å². The highest BCUT2D eigenvalue weighted by atomic mass is 16.5. The third kappa shape index (κ3) is 5.72. The summed E-state index contributed by atoms with van der Waals surface area (Å²) in [6.45, 7) is 2.93. The van der Waals surface area contributed by atoms with Gasteiger partial charge in [0.15, 0.2) is 0 Å². The van der Waals surface area contributed by atoms with Crippen LogP contribution in [0.5, 0.6) is 5.75 Å². The number of carbonyl (C=O) groups excluding carboxylic acids is 1. The van der Waals surface area contributed by atoms with Crippen LogP contribution in [-0.4, -0.2) is 38.4 Å². The summed E-state index contributed by atoms with van der Waals surface area (Å²) in [6.07, 6.45) is 0.408. The van der Waals surface area contributed by atoms with Crippen LogP contribution in [0.1, 0.15) is 13.3 Å². The first-order valence-electron chi connectivity index (χ1n) is 6.19. The summed E-state index contributed by atoms with van der Waals surface area (Å²) in [5.41, 5.74) is 4.79. The Balaban J connectivity index is 2.10. The van der Waals surface area contributed by atoms with Gasteiger partial charge in [-0.3, -0.25) is 4.79 Å². The molecule has 19 heavy (non-hydrogen) atoms. The number of nitrogens with two attached hydrogens (primary N) is 1. The molecule has 0 radical (unpaired) electrons. The van der Waals surface area contributed by atoms with Crippen molar-refractivity contribution in [2.24, 2.45) is 5.73 Å². The second-order valence-corrected chi connectivity index (χ2v) is 4.43. The molecule has 1 aromatic rings. The van der Waals surface area contributed by atoms with Gasteiger partial charge in [0.25, 0.3) is 0 Å². The minimum atomic E-state index is -1.00. The first-order chi connectivity index (χ1) is 9.06. The van der Waals surface area contributed by atoms with Crippen molar-refractivity contribution in [1.82, 2.24) is 0 Å². The lowest BCUT2D eigenvalue weighted by molar-refractivity contribution is -0.147. The first kappa shape index (κ1) is 15.5. The van der Waals surface area contributed by atoms with Crippen molar-refractivity contribution < 1.29 is 19.0 Å². The Labute approximate surface area is 113 Å². The molecule has 1 aromatic carbocycles. The van der Waals surface area contributed by atoms with E-state index in [9.17, 15) is 4.79 Å². The average molecular weight is 267 g/mol. The molecule has 0 amide bonds. The number of carbonyl (C=O) groups is 1. The van der Waals surface area contributed by atoms with E-state index in [0.717, 1.165) is 5.75 Å². The molecule has 0 spiro atoms. The van der Waals surface area contributed by atoms with E-state index in [-0.39, 0.29) is 0 Å². The second kappa shape index (κ2) is 7.76. The van der Waals surface area contributed by atoms with Gasteiger partial charge in [-0.15, -0.1) is 0 Å². The average Bonchev–Trinajstić information content (AvgIpc) is 2.42. The van der Waals surface area contributed by atoms with Gasteiger partial charge in [-0.05, 0) is 25.5 Å². The van der Waals surface area contributed by atoms with Crippen LogP contribution in [0, 0.1) is 0 Å². The highest BCUT2D eigenvalue weighted by Gasteiger charge is 2.28. The lowest BCUT2D eigenvalue weighted by Crippen LogP contribution is -2.46. The third-order valence-electron chi connectivity index (χ3n) is 2.66. The summed E-state index contributed by atoms with van der Waals surface area (Å²) in [6, 6.07) is 9.51. The zero-order valence-electron chi connectivity index (χ0n) is 11.4. The Bertz CT molecular complexity index is 378. The fourth-order valence-electron chi connectivity index (χ4n) is 1.46. The maximum Gasteiger partial charge on any atom is 0.325 e. The van der Waals surface area contributed by atoms with E-state index in [4.69, 9.17) is 15.2 Å². The number of benzene rings is 1. The van der Waals surface area contributed by atoms with Crippen LogP contribution in [0.25, 0.3) is 0 Å². The molecular weight excluding hydrogens is 246 g/mol. The second-order valence-electron chi connectivity index (χ2n) is 4.43. The first-order valence-corrected chi connectivity index (χ1v) is 6.19. The number of ether oxygens (including phenoxy) is 3. The predicted octanol–water partition coefficient (Wildman–Crippen LogP) is 1.36. The van der Waals surface area contributed by atoms with E-state index in [1.54, 1.807) is 6.92 Å². The molecule has 1 unspecified atom stereocenters. The van der Waals surface area contributed by atoms with Crippen LogP contribution in [0.2, 0.25) is 0 Å². The summed E-state index contributed by atoms with van der Waals surface area (Å²) in [4.78, 5) is 11.3. The Morgan fingerprint density at radius 1 is 1.21 bits per heavy atom. The van der Waals surface area contributed by atoms with E-state index < -0.39 is 11.5 Å². The zero-order valence-corrected chi connectivity index (χ0v) is 11.4. The fraction of sp³-hybridized carbons (Fsp3) is 0.500. The van der Waals surface area contributed by atoms with E-state index in [2.05, 4.69) is 4.74 Å². The lowest BCUT2D eigenvalue weighted by atomic mass is 10.0. The van der Waals surface area contributed by atoms with E-state index in [1.807, 2.05) is 30.3 Å². The third-order valence-corrected chi connectivity index (χ3v) is 2.66. The van der Waals surface area contributed by atoms with Gasteiger partial charge < -0.3 is 19.9 Å². The summed E-state index contributed by atoms with van der Waals surface area (Å²) in [5, 5.41) is 0. The zero-order chi connectivity index (χ0) is 14.1. The summed E-state index contributed by atoms with van der Waals surface area (Å²) in [5.74, 6) is 0.376. The van der Waals surface area contributed by atoms with Crippen molar-refractivity contribution in [3.8, 4) is 5.75 Å². The van der Waals surface area contributed by atoms with E-state index in [0.29, 0.717) is 26.2 Å². The van der Waals surface area contributed by atoms with Gasteiger partial charge >= 0.3 is 5.97 Å². The van der Waals surface area contributed by atoms with Gasteiger partial charge in [-0.1, -0.05) is 18.2 Å². The molecule has 0 bridgehead atoms.